The molecule has 2 aliphatic heterocycles. The van der Waals surface area contributed by atoms with Crippen molar-refractivity contribution >= 4 is 34.7 Å². The van der Waals surface area contributed by atoms with Crippen LogP contribution in [0.4, 0.5) is 14.5 Å². The van der Waals surface area contributed by atoms with Gasteiger partial charge in [0.1, 0.15) is 23.0 Å². The average molecular weight is 544 g/mol. The van der Waals surface area contributed by atoms with Crippen LogP contribution in [0.2, 0.25) is 5.02 Å². The van der Waals surface area contributed by atoms with Crippen LogP contribution in [0.3, 0.4) is 0 Å². The summed E-state index contributed by atoms with van der Waals surface area (Å²) in [5.41, 5.74) is 0.920. The van der Waals surface area contributed by atoms with E-state index >= 15 is 0 Å². The summed E-state index contributed by atoms with van der Waals surface area (Å²) < 4.78 is 39.2. The van der Waals surface area contributed by atoms with Crippen molar-refractivity contribution < 1.29 is 27.8 Å². The highest BCUT2D eigenvalue weighted by Gasteiger charge is 2.40. The van der Waals surface area contributed by atoms with Crippen LogP contribution in [0.15, 0.2) is 49.1 Å². The number of halogens is 3. The van der Waals surface area contributed by atoms with E-state index in [4.69, 9.17) is 21.1 Å². The fraction of sp³-hybridized carbons (Fsp3) is 0.292. The van der Waals surface area contributed by atoms with Crippen LogP contribution in [0.25, 0.3) is 16.9 Å². The fourth-order valence-corrected chi connectivity index (χ4v) is 4.77. The molecule has 0 bridgehead atoms. The van der Waals surface area contributed by atoms with Gasteiger partial charge in [0.2, 0.25) is 5.91 Å². The van der Waals surface area contributed by atoms with Gasteiger partial charge in [-0.1, -0.05) is 11.6 Å². The number of carbonyl (C=O) groups is 2. The summed E-state index contributed by atoms with van der Waals surface area (Å²) in [5.74, 6) is -0.871. The lowest BCUT2D eigenvalue weighted by molar-refractivity contribution is -0.141. The molecule has 1 aromatic carbocycles. The van der Waals surface area contributed by atoms with Gasteiger partial charge in [-0.15, -0.1) is 0 Å². The number of aromatic nitrogens is 5. The number of fused-ring (bicyclic) bond motifs is 1. The molecular formula is C24H20ClF2N7O4. The number of hydrogen-bond acceptors (Lipinski definition) is 7. The van der Waals surface area contributed by atoms with Crippen molar-refractivity contribution in [3.63, 3.8) is 0 Å². The Hall–Kier alpha value is -4.10. The molecule has 2 saturated heterocycles. The molecule has 5 heterocycles. The molecule has 11 nitrogen and oxygen atoms in total. The van der Waals surface area contributed by atoms with Crippen LogP contribution in [0.5, 0.6) is 5.75 Å². The summed E-state index contributed by atoms with van der Waals surface area (Å²) in [5, 5.41) is 11.7. The Bertz CT molecular complexity index is 1540. The number of amides is 2. The second-order valence-corrected chi connectivity index (χ2v) is 9.25. The minimum absolute atomic E-state index is 0.0174. The maximum absolute atomic E-state index is 13.3. The van der Waals surface area contributed by atoms with Crippen LogP contribution < -0.4 is 10.1 Å². The number of rotatable bonds is 7. The van der Waals surface area contributed by atoms with Gasteiger partial charge in [-0.2, -0.15) is 19.0 Å². The molecule has 2 aliphatic rings. The molecule has 0 unspecified atom stereocenters. The second-order valence-electron chi connectivity index (χ2n) is 8.82. The molecule has 0 saturated carbocycles. The summed E-state index contributed by atoms with van der Waals surface area (Å²) in [6, 6.07) is 5.16. The third-order valence-corrected chi connectivity index (χ3v) is 6.74. The van der Waals surface area contributed by atoms with Gasteiger partial charge in [0.05, 0.1) is 37.3 Å². The van der Waals surface area contributed by atoms with Gasteiger partial charge in [0.25, 0.3) is 5.91 Å². The van der Waals surface area contributed by atoms with Crippen molar-refractivity contribution in [2.45, 2.75) is 25.1 Å². The summed E-state index contributed by atoms with van der Waals surface area (Å²) in [7, 11) is 0. The van der Waals surface area contributed by atoms with Crippen molar-refractivity contribution in [2.24, 2.45) is 0 Å². The van der Waals surface area contributed by atoms with E-state index in [9.17, 15) is 18.4 Å². The minimum Gasteiger partial charge on any atom is -0.434 e. The first-order valence-electron chi connectivity index (χ1n) is 11.7. The Labute approximate surface area is 218 Å². The van der Waals surface area contributed by atoms with E-state index in [1.807, 2.05) is 0 Å². The van der Waals surface area contributed by atoms with Crippen molar-refractivity contribution in [2.75, 3.05) is 25.1 Å². The first-order valence-corrected chi connectivity index (χ1v) is 12.1. The number of ether oxygens (including phenoxy) is 2. The smallest absolute Gasteiger partial charge is 0.387 e. The topological polar surface area (TPSA) is 116 Å². The third kappa shape index (κ3) is 4.33. The SMILES string of the molecule is O=C(Nc1cn([C@H]2CCN(C3COC3)C2=O)nc1-c1cc(Cl)ccc1OC(F)F)c1cnn2cccnc12. The molecule has 0 spiro atoms. The molecule has 14 heteroatoms. The zero-order valence-electron chi connectivity index (χ0n) is 19.6. The van der Waals surface area contributed by atoms with E-state index in [0.717, 1.165) is 0 Å². The Kier molecular flexibility index (Phi) is 6.16. The maximum atomic E-state index is 13.3. The summed E-state index contributed by atoms with van der Waals surface area (Å²) in [6.45, 7) is -1.61. The highest BCUT2D eigenvalue weighted by Crippen LogP contribution is 2.39. The van der Waals surface area contributed by atoms with Crippen molar-refractivity contribution in [3.8, 4) is 17.0 Å². The lowest BCUT2D eigenvalue weighted by Gasteiger charge is -2.34. The number of carbonyl (C=O) groups excluding carboxylic acids is 2. The second kappa shape index (κ2) is 9.65. The molecular weight excluding hydrogens is 524 g/mol. The van der Waals surface area contributed by atoms with Crippen LogP contribution >= 0.6 is 11.6 Å². The van der Waals surface area contributed by atoms with Gasteiger partial charge in [-0.05, 0) is 30.7 Å². The molecule has 1 atom stereocenters. The summed E-state index contributed by atoms with van der Waals surface area (Å²) in [4.78, 5) is 32.4. The maximum Gasteiger partial charge on any atom is 0.387 e. The number of nitrogens with zero attached hydrogens (tertiary/aromatic N) is 6. The predicted octanol–water partition coefficient (Wildman–Crippen LogP) is 3.27. The molecule has 196 valence electrons. The van der Waals surface area contributed by atoms with Gasteiger partial charge in [0.15, 0.2) is 5.65 Å². The van der Waals surface area contributed by atoms with E-state index in [-0.39, 0.29) is 45.2 Å². The predicted molar refractivity (Wildman–Crippen MR) is 130 cm³/mol. The number of alkyl halides is 2. The number of likely N-dealkylation sites (tertiary alicyclic amines) is 1. The molecule has 2 fully saturated rings. The lowest BCUT2D eigenvalue weighted by Crippen LogP contribution is -2.50. The number of anilines is 1. The van der Waals surface area contributed by atoms with Crippen LogP contribution in [0, 0.1) is 0 Å². The van der Waals surface area contributed by atoms with Crippen LogP contribution in [0.1, 0.15) is 22.8 Å². The zero-order chi connectivity index (χ0) is 26.4. The molecule has 6 rings (SSSR count). The highest BCUT2D eigenvalue weighted by molar-refractivity contribution is 6.31. The summed E-state index contributed by atoms with van der Waals surface area (Å²) in [6.07, 6.45) is 6.53. The van der Waals surface area contributed by atoms with E-state index in [1.54, 1.807) is 17.2 Å². The minimum atomic E-state index is -3.10. The van der Waals surface area contributed by atoms with Gasteiger partial charge in [-0.3, -0.25) is 14.3 Å². The van der Waals surface area contributed by atoms with Gasteiger partial charge in [-0.25, -0.2) is 9.50 Å². The van der Waals surface area contributed by atoms with Gasteiger partial charge < -0.3 is 19.7 Å². The molecule has 0 radical (unpaired) electrons. The number of benzene rings is 1. The summed E-state index contributed by atoms with van der Waals surface area (Å²) >= 11 is 6.18. The fourth-order valence-electron chi connectivity index (χ4n) is 4.60. The molecule has 4 aromatic rings. The van der Waals surface area contributed by atoms with E-state index in [1.165, 1.54) is 46.0 Å². The molecule has 2 amide bonds. The van der Waals surface area contributed by atoms with Crippen LogP contribution in [-0.4, -0.2) is 73.5 Å². The van der Waals surface area contributed by atoms with Gasteiger partial charge >= 0.3 is 6.61 Å². The monoisotopic (exact) mass is 543 g/mol. The quantitative estimate of drug-likeness (QED) is 0.380. The third-order valence-electron chi connectivity index (χ3n) is 6.51. The largest absolute Gasteiger partial charge is 0.434 e. The average Bonchev–Trinajstić information content (AvgIpc) is 3.56. The number of hydrogen-bond donors (Lipinski definition) is 1. The molecule has 0 aliphatic carbocycles. The van der Waals surface area contributed by atoms with Crippen LogP contribution in [-0.2, 0) is 9.53 Å². The Balaban J connectivity index is 1.40. The molecule has 1 N–H and O–H groups in total. The van der Waals surface area contributed by atoms with E-state index in [0.29, 0.717) is 31.8 Å². The molecule has 3 aromatic heterocycles. The van der Waals surface area contributed by atoms with E-state index < -0.39 is 18.6 Å². The Morgan fingerprint density at radius 3 is 2.89 bits per heavy atom. The Morgan fingerprint density at radius 2 is 2.13 bits per heavy atom. The van der Waals surface area contributed by atoms with Gasteiger partial charge in [0, 0.05) is 29.5 Å². The first-order chi connectivity index (χ1) is 18.4. The highest BCUT2D eigenvalue weighted by atomic mass is 35.5. The molecule has 38 heavy (non-hydrogen) atoms. The lowest BCUT2D eigenvalue weighted by atomic mass is 10.1. The van der Waals surface area contributed by atoms with Crippen molar-refractivity contribution in [1.82, 2.24) is 29.3 Å². The normalized spacial score (nSPS) is 17.8. The van der Waals surface area contributed by atoms with E-state index in [2.05, 4.69) is 20.5 Å². The first kappa shape index (κ1) is 24.2. The Morgan fingerprint density at radius 1 is 1.29 bits per heavy atom. The van der Waals surface area contributed by atoms with Crippen molar-refractivity contribution in [1.29, 1.82) is 0 Å². The standard InChI is InChI=1S/C24H20ClF2N7O4/c25-13-2-3-19(38-24(26)27)15(8-13)20-17(30-22(35)16-9-29-33-6-1-5-28-21(16)33)10-34(31-20)18-4-7-32(23(18)36)14-11-37-12-14/h1-3,5-6,8-10,14,18,24H,4,7,11-12H2,(H,30,35)/t18-/m0/s1. The number of nitrogens with one attached hydrogen (secondary N) is 1. The van der Waals surface area contributed by atoms with Crippen molar-refractivity contribution in [3.05, 3.63) is 59.6 Å². The zero-order valence-corrected chi connectivity index (χ0v) is 20.4.